The second-order valence-corrected chi connectivity index (χ2v) is 4.93. The van der Waals surface area contributed by atoms with Gasteiger partial charge in [-0.15, -0.1) is 0 Å². The zero-order valence-electron chi connectivity index (χ0n) is 6.74. The Labute approximate surface area is 101 Å². The Bertz CT molecular complexity index is 450. The molecule has 0 bridgehead atoms. The van der Waals surface area contributed by atoms with Gasteiger partial charge < -0.3 is 5.73 Å². The van der Waals surface area contributed by atoms with E-state index in [0.717, 1.165) is 14.5 Å². The minimum Gasteiger partial charge on any atom is -0.374 e. The highest BCUT2D eigenvalue weighted by Gasteiger charge is 2.12. The van der Waals surface area contributed by atoms with Gasteiger partial charge in [-0.1, -0.05) is 0 Å². The van der Waals surface area contributed by atoms with Gasteiger partial charge in [-0.3, -0.25) is 4.98 Å². The highest BCUT2D eigenvalue weighted by Crippen LogP contribution is 2.33. The number of nitrogens with zero attached hydrogens (tertiary/aromatic N) is 3. The van der Waals surface area contributed by atoms with Gasteiger partial charge in [0.15, 0.2) is 11.0 Å². The van der Waals surface area contributed by atoms with Gasteiger partial charge >= 0.3 is 0 Å². The van der Waals surface area contributed by atoms with Crippen molar-refractivity contribution in [3.8, 4) is 11.4 Å². The molecule has 2 aromatic heterocycles. The van der Waals surface area contributed by atoms with Gasteiger partial charge in [0.2, 0.25) is 0 Å². The maximum absolute atomic E-state index is 5.51. The molecule has 0 saturated heterocycles. The van der Waals surface area contributed by atoms with Crippen molar-refractivity contribution in [2.24, 2.45) is 0 Å². The fraction of sp³-hybridized carbons (Fsp3) is 0. The van der Waals surface area contributed by atoms with Crippen molar-refractivity contribution in [3.05, 3.63) is 21.3 Å². The third-order valence-electron chi connectivity index (χ3n) is 1.52. The first-order valence-electron chi connectivity index (χ1n) is 3.57. The number of anilines is 1. The summed E-state index contributed by atoms with van der Waals surface area (Å²) in [6.45, 7) is 0. The Hall–Kier alpha value is -0.530. The smallest absolute Gasteiger partial charge is 0.200 e. The van der Waals surface area contributed by atoms with Gasteiger partial charge in [0.1, 0.15) is 0 Å². The molecule has 2 aromatic rings. The van der Waals surface area contributed by atoms with Crippen molar-refractivity contribution in [2.75, 3.05) is 5.73 Å². The molecule has 0 aromatic carbocycles. The summed E-state index contributed by atoms with van der Waals surface area (Å²) in [5, 5.41) is 0.454. The lowest BCUT2D eigenvalue weighted by Crippen LogP contribution is -1.87. The van der Waals surface area contributed by atoms with E-state index >= 15 is 0 Å². The third-order valence-corrected chi connectivity index (χ3v) is 3.26. The van der Waals surface area contributed by atoms with Crippen LogP contribution in [0.2, 0.25) is 0 Å². The molecule has 72 valence electrons. The maximum atomic E-state index is 5.51. The molecule has 0 unspecified atom stereocenters. The van der Waals surface area contributed by atoms with E-state index in [1.807, 2.05) is 0 Å². The first-order chi connectivity index (χ1) is 6.68. The highest BCUT2D eigenvalue weighted by molar-refractivity contribution is 9.11. The lowest BCUT2D eigenvalue weighted by Gasteiger charge is -2.00. The lowest BCUT2D eigenvalue weighted by molar-refractivity contribution is 1.25. The van der Waals surface area contributed by atoms with Crippen LogP contribution in [0.4, 0.5) is 5.13 Å². The lowest BCUT2D eigenvalue weighted by atomic mass is 10.2. The van der Waals surface area contributed by atoms with Crippen LogP contribution in [0.5, 0.6) is 0 Å². The molecule has 0 atom stereocenters. The summed E-state index contributed by atoms with van der Waals surface area (Å²) in [7, 11) is 0. The number of nitrogen functional groups attached to an aromatic ring is 1. The SMILES string of the molecule is Nc1nc(-c2c(Br)cncc2Br)ns1. The van der Waals surface area contributed by atoms with Crippen LogP contribution in [0.1, 0.15) is 0 Å². The normalized spacial score (nSPS) is 10.4. The number of halogens is 2. The van der Waals surface area contributed by atoms with Gasteiger partial charge in [-0.25, -0.2) is 0 Å². The first kappa shape index (κ1) is 10.0. The molecular weight excluding hydrogens is 332 g/mol. The molecule has 4 nitrogen and oxygen atoms in total. The number of aromatic nitrogens is 3. The molecule has 2 N–H and O–H groups in total. The summed E-state index contributed by atoms with van der Waals surface area (Å²) < 4.78 is 5.80. The number of hydrogen-bond donors (Lipinski definition) is 1. The Kier molecular flexibility index (Phi) is 2.80. The highest BCUT2D eigenvalue weighted by atomic mass is 79.9. The van der Waals surface area contributed by atoms with Crippen molar-refractivity contribution in [1.82, 2.24) is 14.3 Å². The van der Waals surface area contributed by atoms with Crippen LogP contribution in [-0.2, 0) is 0 Å². The first-order valence-corrected chi connectivity index (χ1v) is 5.93. The molecule has 2 rings (SSSR count). The Morgan fingerprint density at radius 2 is 1.86 bits per heavy atom. The summed E-state index contributed by atoms with van der Waals surface area (Å²) in [4.78, 5) is 8.10. The molecule has 0 aliphatic carbocycles. The monoisotopic (exact) mass is 334 g/mol. The number of nitrogens with two attached hydrogens (primary N) is 1. The van der Waals surface area contributed by atoms with E-state index in [1.54, 1.807) is 12.4 Å². The summed E-state index contributed by atoms with van der Waals surface area (Å²) in [5.41, 5.74) is 6.38. The minimum atomic E-state index is 0.454. The van der Waals surface area contributed by atoms with Crippen LogP contribution >= 0.6 is 43.4 Å². The fourth-order valence-electron chi connectivity index (χ4n) is 0.962. The van der Waals surface area contributed by atoms with E-state index < -0.39 is 0 Å². The van der Waals surface area contributed by atoms with E-state index in [4.69, 9.17) is 5.73 Å². The van der Waals surface area contributed by atoms with Crippen molar-refractivity contribution in [1.29, 1.82) is 0 Å². The Balaban J connectivity index is 2.61. The van der Waals surface area contributed by atoms with Crippen LogP contribution in [0.25, 0.3) is 11.4 Å². The van der Waals surface area contributed by atoms with Crippen LogP contribution in [0.15, 0.2) is 21.3 Å². The minimum absolute atomic E-state index is 0.454. The topological polar surface area (TPSA) is 64.7 Å². The molecule has 0 radical (unpaired) electrons. The summed E-state index contributed by atoms with van der Waals surface area (Å²) in [6.07, 6.45) is 3.38. The van der Waals surface area contributed by atoms with E-state index in [1.165, 1.54) is 11.5 Å². The van der Waals surface area contributed by atoms with Crippen LogP contribution in [0.3, 0.4) is 0 Å². The number of rotatable bonds is 1. The molecule has 0 fully saturated rings. The van der Waals surface area contributed by atoms with Crippen molar-refractivity contribution in [2.45, 2.75) is 0 Å². The molecule has 2 heterocycles. The van der Waals surface area contributed by atoms with E-state index in [-0.39, 0.29) is 0 Å². The molecule has 0 spiro atoms. The molecule has 0 aliphatic heterocycles. The van der Waals surface area contributed by atoms with Gasteiger partial charge in [-0.05, 0) is 31.9 Å². The van der Waals surface area contributed by atoms with Crippen molar-refractivity contribution in [3.63, 3.8) is 0 Å². The van der Waals surface area contributed by atoms with Gasteiger partial charge in [-0.2, -0.15) is 9.36 Å². The van der Waals surface area contributed by atoms with E-state index in [2.05, 4.69) is 46.2 Å². The summed E-state index contributed by atoms with van der Waals surface area (Å²) in [6, 6.07) is 0. The molecule has 7 heteroatoms. The summed E-state index contributed by atoms with van der Waals surface area (Å²) in [5.74, 6) is 0.605. The maximum Gasteiger partial charge on any atom is 0.200 e. The Morgan fingerprint density at radius 3 is 2.36 bits per heavy atom. The van der Waals surface area contributed by atoms with Gasteiger partial charge in [0, 0.05) is 32.9 Å². The average molecular weight is 336 g/mol. The molecule has 14 heavy (non-hydrogen) atoms. The predicted molar refractivity (Wildman–Crippen MR) is 63.0 cm³/mol. The number of pyridine rings is 1. The van der Waals surface area contributed by atoms with Gasteiger partial charge in [0.05, 0.1) is 5.56 Å². The van der Waals surface area contributed by atoms with Crippen LogP contribution in [-0.4, -0.2) is 14.3 Å². The van der Waals surface area contributed by atoms with E-state index in [0.29, 0.717) is 11.0 Å². The van der Waals surface area contributed by atoms with Crippen LogP contribution in [0, 0.1) is 0 Å². The second-order valence-electron chi connectivity index (χ2n) is 2.43. The van der Waals surface area contributed by atoms with Crippen molar-refractivity contribution >= 4 is 48.5 Å². The third kappa shape index (κ3) is 1.79. The molecule has 0 aliphatic rings. The van der Waals surface area contributed by atoms with Gasteiger partial charge in [0.25, 0.3) is 0 Å². The Morgan fingerprint density at radius 1 is 1.21 bits per heavy atom. The average Bonchev–Trinajstić information content (AvgIpc) is 2.51. The molecule has 0 amide bonds. The van der Waals surface area contributed by atoms with Crippen LogP contribution < -0.4 is 5.73 Å². The molecule has 0 saturated carbocycles. The van der Waals surface area contributed by atoms with E-state index in [9.17, 15) is 0 Å². The standard InChI is InChI=1S/C7H4Br2N4S/c8-3-1-11-2-4(9)5(3)6-12-7(10)14-13-6/h1-2H,(H2,10,12,13). The fourth-order valence-corrected chi connectivity index (χ4v) is 2.69. The quantitative estimate of drug-likeness (QED) is 0.870. The largest absolute Gasteiger partial charge is 0.374 e. The second kappa shape index (κ2) is 3.92. The number of hydrogen-bond acceptors (Lipinski definition) is 5. The predicted octanol–water partition coefficient (Wildman–Crippen LogP) is 2.71. The zero-order valence-corrected chi connectivity index (χ0v) is 10.7. The van der Waals surface area contributed by atoms with Crippen molar-refractivity contribution < 1.29 is 0 Å². The zero-order chi connectivity index (χ0) is 10.1. The summed E-state index contributed by atoms with van der Waals surface area (Å²) >= 11 is 7.94. The molecular formula is C7H4Br2N4S.